The SMILES string of the molecule is CCC(=O)OCc1ccc(NC(=O)CNC(=O)C(NC(=O)CNC(C)C)=C(C)C)c(OC2CC(O)CC(C(=O)O)O2)c1. The van der Waals surface area contributed by atoms with E-state index in [2.05, 4.69) is 21.3 Å². The fraction of sp³-hybridized carbons (Fsp3) is 0.536. The fourth-order valence-corrected chi connectivity index (χ4v) is 3.69. The molecule has 2 rings (SSSR count). The Bertz CT molecular complexity index is 1180. The van der Waals surface area contributed by atoms with E-state index in [9.17, 15) is 34.2 Å². The Balaban J connectivity index is 2.13. The molecule has 0 aromatic heterocycles. The minimum Gasteiger partial charge on any atom is -0.479 e. The number of carbonyl (C=O) groups is 5. The molecule has 0 aliphatic carbocycles. The predicted molar refractivity (Wildman–Crippen MR) is 150 cm³/mol. The molecular formula is C28H40N4O10. The lowest BCUT2D eigenvalue weighted by Gasteiger charge is -2.31. The van der Waals surface area contributed by atoms with E-state index < -0.39 is 54.7 Å². The largest absolute Gasteiger partial charge is 0.479 e. The van der Waals surface area contributed by atoms with E-state index in [1.165, 1.54) is 12.1 Å². The zero-order valence-corrected chi connectivity index (χ0v) is 24.4. The molecule has 3 atom stereocenters. The van der Waals surface area contributed by atoms with Gasteiger partial charge in [0.15, 0.2) is 6.10 Å². The van der Waals surface area contributed by atoms with E-state index in [1.54, 1.807) is 26.8 Å². The molecule has 1 aliphatic rings. The highest BCUT2D eigenvalue weighted by atomic mass is 16.7. The summed E-state index contributed by atoms with van der Waals surface area (Å²) in [5, 5.41) is 30.0. The normalized spacial score (nSPS) is 18.0. The van der Waals surface area contributed by atoms with E-state index >= 15 is 0 Å². The number of hydrogen-bond donors (Lipinski definition) is 6. The summed E-state index contributed by atoms with van der Waals surface area (Å²) in [6, 6.07) is 4.63. The Hall–Kier alpha value is -4.01. The van der Waals surface area contributed by atoms with Crippen LogP contribution in [0.3, 0.4) is 0 Å². The lowest BCUT2D eigenvalue weighted by Crippen LogP contribution is -2.43. The first-order valence-electron chi connectivity index (χ1n) is 13.6. The first-order valence-corrected chi connectivity index (χ1v) is 13.6. The lowest BCUT2D eigenvalue weighted by molar-refractivity contribution is -0.195. The Morgan fingerprint density at radius 3 is 2.40 bits per heavy atom. The zero-order valence-electron chi connectivity index (χ0n) is 24.4. The van der Waals surface area contributed by atoms with Crippen molar-refractivity contribution in [1.82, 2.24) is 16.0 Å². The van der Waals surface area contributed by atoms with Crippen molar-refractivity contribution < 1.29 is 48.4 Å². The van der Waals surface area contributed by atoms with Crippen LogP contribution >= 0.6 is 0 Å². The molecule has 6 N–H and O–H groups in total. The van der Waals surface area contributed by atoms with Crippen LogP contribution < -0.4 is 26.0 Å². The van der Waals surface area contributed by atoms with Crippen molar-refractivity contribution in [2.24, 2.45) is 0 Å². The number of nitrogens with one attached hydrogen (secondary N) is 4. The second-order valence-corrected chi connectivity index (χ2v) is 10.2. The van der Waals surface area contributed by atoms with Gasteiger partial charge in [-0.05, 0) is 37.1 Å². The average molecular weight is 593 g/mol. The van der Waals surface area contributed by atoms with Gasteiger partial charge in [-0.15, -0.1) is 0 Å². The Labute approximate surface area is 244 Å². The molecule has 1 saturated heterocycles. The third-order valence-corrected chi connectivity index (χ3v) is 5.88. The van der Waals surface area contributed by atoms with Crippen LogP contribution in [0.25, 0.3) is 0 Å². The van der Waals surface area contributed by atoms with E-state index in [0.717, 1.165) is 0 Å². The van der Waals surface area contributed by atoms with Crippen LogP contribution in [0.2, 0.25) is 0 Å². The molecule has 3 unspecified atom stereocenters. The van der Waals surface area contributed by atoms with Gasteiger partial charge in [0.25, 0.3) is 5.91 Å². The Morgan fingerprint density at radius 2 is 1.79 bits per heavy atom. The lowest BCUT2D eigenvalue weighted by atomic mass is 10.1. The number of carboxylic acids is 1. The van der Waals surface area contributed by atoms with Gasteiger partial charge in [-0.1, -0.05) is 26.8 Å². The van der Waals surface area contributed by atoms with Crippen LogP contribution in [0.15, 0.2) is 29.5 Å². The summed E-state index contributed by atoms with van der Waals surface area (Å²) in [7, 11) is 0. The molecule has 1 heterocycles. The molecule has 232 valence electrons. The third-order valence-electron chi connectivity index (χ3n) is 5.88. The van der Waals surface area contributed by atoms with Gasteiger partial charge >= 0.3 is 11.9 Å². The van der Waals surface area contributed by atoms with Gasteiger partial charge in [0.05, 0.1) is 24.9 Å². The van der Waals surface area contributed by atoms with Crippen LogP contribution in [0.5, 0.6) is 5.75 Å². The first-order chi connectivity index (χ1) is 19.8. The summed E-state index contributed by atoms with van der Waals surface area (Å²) in [5.41, 5.74) is 1.23. The molecule has 1 aliphatic heterocycles. The van der Waals surface area contributed by atoms with Crippen LogP contribution in [0.1, 0.15) is 59.4 Å². The monoisotopic (exact) mass is 592 g/mol. The number of carbonyl (C=O) groups excluding carboxylic acids is 4. The molecule has 1 aromatic rings. The van der Waals surface area contributed by atoms with Crippen LogP contribution in [-0.4, -0.2) is 77.5 Å². The summed E-state index contributed by atoms with van der Waals surface area (Å²) in [5.74, 6) is -3.31. The molecular weight excluding hydrogens is 552 g/mol. The Morgan fingerprint density at radius 1 is 1.07 bits per heavy atom. The topological polar surface area (TPSA) is 202 Å². The standard InChI is InChI=1S/C28H40N4O10/c1-6-24(36)40-14-17-7-8-19(20(9-17)41-25-11-18(33)10-21(42-25)28(38)39)31-22(34)13-30-27(37)26(15(2)3)32-23(35)12-29-16(4)5/h7-9,16,18,21,25,29,33H,6,10-14H2,1-5H3,(H,30,37)(H,31,34)(H,32,35)(H,38,39). The summed E-state index contributed by atoms with van der Waals surface area (Å²) in [6.45, 7) is 8.17. The van der Waals surface area contributed by atoms with Gasteiger partial charge in [0.2, 0.25) is 18.1 Å². The van der Waals surface area contributed by atoms with E-state index in [4.69, 9.17) is 14.2 Å². The van der Waals surface area contributed by atoms with Crippen molar-refractivity contribution >= 4 is 35.3 Å². The summed E-state index contributed by atoms with van der Waals surface area (Å²) in [6.07, 6.45) is -3.36. The number of carboxylic acid groups (broad SMARTS) is 1. The number of anilines is 1. The highest BCUT2D eigenvalue weighted by molar-refractivity contribution is 6.01. The van der Waals surface area contributed by atoms with Crippen LogP contribution in [0.4, 0.5) is 5.69 Å². The summed E-state index contributed by atoms with van der Waals surface area (Å²) >= 11 is 0. The quantitative estimate of drug-likeness (QED) is 0.133. The number of benzene rings is 1. The van der Waals surface area contributed by atoms with E-state index in [1.807, 2.05) is 13.8 Å². The molecule has 0 spiro atoms. The maximum Gasteiger partial charge on any atom is 0.333 e. The number of aliphatic hydroxyl groups excluding tert-OH is 1. The minimum atomic E-state index is -1.29. The maximum atomic E-state index is 12.8. The van der Waals surface area contributed by atoms with Gasteiger partial charge in [-0.3, -0.25) is 19.2 Å². The molecule has 0 bridgehead atoms. The number of aliphatic carboxylic acids is 1. The van der Waals surface area contributed by atoms with Crippen molar-refractivity contribution in [3.8, 4) is 5.75 Å². The van der Waals surface area contributed by atoms with Gasteiger partial charge in [0.1, 0.15) is 18.1 Å². The second kappa shape index (κ2) is 16.4. The molecule has 0 saturated carbocycles. The number of aliphatic hydroxyl groups is 1. The van der Waals surface area contributed by atoms with E-state index in [-0.39, 0.29) is 55.6 Å². The van der Waals surface area contributed by atoms with Gasteiger partial charge in [-0.25, -0.2) is 4.79 Å². The predicted octanol–water partition coefficient (Wildman–Crippen LogP) is 0.932. The summed E-state index contributed by atoms with van der Waals surface area (Å²) < 4.78 is 16.4. The highest BCUT2D eigenvalue weighted by Gasteiger charge is 2.34. The van der Waals surface area contributed by atoms with Gasteiger partial charge in [-0.2, -0.15) is 0 Å². The molecule has 14 heteroatoms. The third kappa shape index (κ3) is 11.5. The molecule has 14 nitrogen and oxygen atoms in total. The maximum absolute atomic E-state index is 12.8. The second-order valence-electron chi connectivity index (χ2n) is 10.2. The minimum absolute atomic E-state index is 0.00752. The molecule has 0 radical (unpaired) electrons. The summed E-state index contributed by atoms with van der Waals surface area (Å²) in [4.78, 5) is 60.7. The highest BCUT2D eigenvalue weighted by Crippen LogP contribution is 2.30. The fourth-order valence-electron chi connectivity index (χ4n) is 3.69. The number of rotatable bonds is 14. The van der Waals surface area contributed by atoms with Gasteiger partial charge < -0.3 is 45.7 Å². The van der Waals surface area contributed by atoms with Crippen molar-refractivity contribution in [2.45, 2.75) is 85.0 Å². The molecule has 3 amide bonds. The smallest absolute Gasteiger partial charge is 0.333 e. The number of allylic oxidation sites excluding steroid dienone is 1. The number of esters is 1. The van der Waals surface area contributed by atoms with Crippen molar-refractivity contribution in [3.63, 3.8) is 0 Å². The number of hydrogen-bond acceptors (Lipinski definition) is 10. The molecule has 1 aromatic carbocycles. The molecule has 1 fully saturated rings. The molecule has 42 heavy (non-hydrogen) atoms. The van der Waals surface area contributed by atoms with Crippen LogP contribution in [0, 0.1) is 0 Å². The first kappa shape index (κ1) is 34.2. The van der Waals surface area contributed by atoms with Crippen LogP contribution in [-0.2, 0) is 40.1 Å². The van der Waals surface area contributed by atoms with Gasteiger partial charge in [0, 0.05) is 25.3 Å². The number of ether oxygens (including phenoxy) is 3. The average Bonchev–Trinajstić information content (AvgIpc) is 2.92. The Kier molecular flexibility index (Phi) is 13.4. The van der Waals surface area contributed by atoms with Crippen molar-refractivity contribution in [3.05, 3.63) is 35.0 Å². The van der Waals surface area contributed by atoms with Crippen molar-refractivity contribution in [2.75, 3.05) is 18.4 Å². The van der Waals surface area contributed by atoms with E-state index in [0.29, 0.717) is 11.1 Å². The number of amides is 3. The van der Waals surface area contributed by atoms with Crippen molar-refractivity contribution in [1.29, 1.82) is 0 Å². The zero-order chi connectivity index (χ0) is 31.4.